The predicted octanol–water partition coefficient (Wildman–Crippen LogP) is 5.48. The van der Waals surface area contributed by atoms with Crippen LogP contribution in [-0.2, 0) is 28.7 Å². The van der Waals surface area contributed by atoms with E-state index in [1.165, 1.54) is 6.07 Å². The van der Waals surface area contributed by atoms with Gasteiger partial charge in [0.05, 0.1) is 19.3 Å². The molecule has 1 unspecified atom stereocenters. The lowest BCUT2D eigenvalue weighted by atomic mass is 9.89. The van der Waals surface area contributed by atoms with Gasteiger partial charge in [-0.3, -0.25) is 0 Å². The molecule has 178 valence electrons. The first-order chi connectivity index (χ1) is 16.3. The topological polar surface area (TPSA) is 65.0 Å². The highest BCUT2D eigenvalue weighted by Crippen LogP contribution is 2.46. The van der Waals surface area contributed by atoms with Gasteiger partial charge in [0.1, 0.15) is 18.1 Å². The largest absolute Gasteiger partial charge is 0.493 e. The lowest BCUT2D eigenvalue weighted by Crippen LogP contribution is -2.20. The molecule has 0 bridgehead atoms. The second-order valence-electron chi connectivity index (χ2n) is 7.87. The van der Waals surface area contributed by atoms with Crippen LogP contribution in [0.2, 0.25) is 0 Å². The zero-order valence-electron chi connectivity index (χ0n) is 18.4. The number of aliphatic hydroxyl groups is 1. The molecule has 1 aliphatic heterocycles. The van der Waals surface area contributed by atoms with Crippen molar-refractivity contribution in [2.24, 2.45) is 0 Å². The number of hydrogen-bond donors (Lipinski definition) is 1. The number of esters is 1. The summed E-state index contributed by atoms with van der Waals surface area (Å²) in [7, 11) is 1.00. The van der Waals surface area contributed by atoms with Gasteiger partial charge >= 0.3 is 12.1 Å². The quantitative estimate of drug-likeness (QED) is 0.481. The highest BCUT2D eigenvalue weighted by atomic mass is 19.4. The van der Waals surface area contributed by atoms with E-state index in [0.717, 1.165) is 30.7 Å². The third kappa shape index (κ3) is 4.87. The molecule has 1 heterocycles. The molecule has 0 spiro atoms. The first kappa shape index (κ1) is 23.6. The van der Waals surface area contributed by atoms with Gasteiger partial charge < -0.3 is 19.3 Å². The molecule has 0 saturated heterocycles. The number of ether oxygens (including phenoxy) is 3. The summed E-state index contributed by atoms with van der Waals surface area (Å²) >= 11 is 0. The SMILES string of the molecule is COC(=O)C(O)c1c(C(F)(F)F)ccc(OCc2ccccc2)c1-c1ccc2c(c1)CCCO2. The Bertz CT molecular complexity index is 1180. The average molecular weight is 472 g/mol. The molecule has 0 fully saturated rings. The van der Waals surface area contributed by atoms with Gasteiger partial charge in [-0.1, -0.05) is 36.4 Å². The van der Waals surface area contributed by atoms with Crippen molar-refractivity contribution >= 4 is 5.97 Å². The summed E-state index contributed by atoms with van der Waals surface area (Å²) < 4.78 is 58.1. The molecule has 0 amide bonds. The fourth-order valence-electron chi connectivity index (χ4n) is 4.03. The van der Waals surface area contributed by atoms with Gasteiger partial charge in [-0.25, -0.2) is 4.79 Å². The number of aryl methyl sites for hydroxylation is 1. The van der Waals surface area contributed by atoms with Crippen molar-refractivity contribution < 1.29 is 37.3 Å². The number of benzene rings is 3. The lowest BCUT2D eigenvalue weighted by molar-refractivity contribution is -0.152. The Morgan fingerprint density at radius 1 is 1.12 bits per heavy atom. The van der Waals surface area contributed by atoms with Crippen LogP contribution in [-0.4, -0.2) is 24.8 Å². The second-order valence-corrected chi connectivity index (χ2v) is 7.87. The summed E-state index contributed by atoms with van der Waals surface area (Å²) in [6, 6.07) is 16.2. The Labute approximate surface area is 194 Å². The van der Waals surface area contributed by atoms with E-state index in [1.54, 1.807) is 18.2 Å². The smallest absolute Gasteiger partial charge is 0.416 e. The first-order valence-corrected chi connectivity index (χ1v) is 10.7. The van der Waals surface area contributed by atoms with Gasteiger partial charge in [0.2, 0.25) is 0 Å². The number of aliphatic hydroxyl groups excluding tert-OH is 1. The predicted molar refractivity (Wildman–Crippen MR) is 118 cm³/mol. The standard InChI is InChI=1S/C26H23F3O5/c1-32-25(31)24(30)23-19(26(27,28)29)10-12-21(34-15-16-6-3-2-4-7-16)22(23)18-9-11-20-17(14-18)8-5-13-33-20/h2-4,6-7,9-12,14,24,30H,5,8,13,15H2,1H3. The highest BCUT2D eigenvalue weighted by molar-refractivity contribution is 5.85. The molecule has 5 nitrogen and oxygen atoms in total. The molecule has 0 aliphatic carbocycles. The summed E-state index contributed by atoms with van der Waals surface area (Å²) in [5.41, 5.74) is 0.243. The molecular weight excluding hydrogens is 449 g/mol. The number of rotatable bonds is 6. The van der Waals surface area contributed by atoms with Crippen LogP contribution in [0.25, 0.3) is 11.1 Å². The van der Waals surface area contributed by atoms with Gasteiger partial charge in [0.25, 0.3) is 0 Å². The van der Waals surface area contributed by atoms with Crippen molar-refractivity contribution in [3.8, 4) is 22.6 Å². The van der Waals surface area contributed by atoms with Crippen LogP contribution in [0, 0.1) is 0 Å². The highest BCUT2D eigenvalue weighted by Gasteiger charge is 2.40. The van der Waals surface area contributed by atoms with E-state index in [-0.39, 0.29) is 17.9 Å². The summed E-state index contributed by atoms with van der Waals surface area (Å²) in [5, 5.41) is 10.7. The van der Waals surface area contributed by atoms with E-state index in [2.05, 4.69) is 4.74 Å². The third-order valence-corrected chi connectivity index (χ3v) is 5.64. The van der Waals surface area contributed by atoms with E-state index in [0.29, 0.717) is 24.3 Å². The van der Waals surface area contributed by atoms with Gasteiger partial charge in [-0.15, -0.1) is 0 Å². The van der Waals surface area contributed by atoms with E-state index in [9.17, 15) is 23.1 Å². The number of methoxy groups -OCH3 is 1. The molecule has 3 aromatic rings. The molecular formula is C26H23F3O5. The minimum absolute atomic E-state index is 0.0166. The van der Waals surface area contributed by atoms with Crippen molar-refractivity contribution in [3.05, 3.63) is 82.9 Å². The monoisotopic (exact) mass is 472 g/mol. The van der Waals surface area contributed by atoms with Crippen molar-refractivity contribution in [1.82, 2.24) is 0 Å². The molecule has 0 radical (unpaired) electrons. The van der Waals surface area contributed by atoms with E-state index in [1.807, 2.05) is 30.3 Å². The maximum atomic E-state index is 14.0. The van der Waals surface area contributed by atoms with Crippen molar-refractivity contribution in [2.45, 2.75) is 31.7 Å². The summed E-state index contributed by atoms with van der Waals surface area (Å²) in [6.45, 7) is 0.647. The zero-order valence-corrected chi connectivity index (χ0v) is 18.4. The van der Waals surface area contributed by atoms with Gasteiger partial charge in [0.15, 0.2) is 6.10 Å². The van der Waals surface area contributed by atoms with Crippen molar-refractivity contribution in [1.29, 1.82) is 0 Å². The molecule has 1 atom stereocenters. The van der Waals surface area contributed by atoms with E-state index >= 15 is 0 Å². The van der Waals surface area contributed by atoms with Crippen molar-refractivity contribution in [3.63, 3.8) is 0 Å². The molecule has 3 aromatic carbocycles. The molecule has 34 heavy (non-hydrogen) atoms. The number of carbonyl (C=O) groups excluding carboxylic acids is 1. The number of halogens is 3. The number of hydrogen-bond acceptors (Lipinski definition) is 5. The Balaban J connectivity index is 1.91. The lowest BCUT2D eigenvalue weighted by Gasteiger charge is -2.24. The number of alkyl halides is 3. The van der Waals surface area contributed by atoms with Crippen LogP contribution < -0.4 is 9.47 Å². The van der Waals surface area contributed by atoms with Gasteiger partial charge in [-0.05, 0) is 53.8 Å². The Kier molecular flexibility index (Phi) is 6.79. The minimum atomic E-state index is -4.83. The Morgan fingerprint density at radius 3 is 2.59 bits per heavy atom. The summed E-state index contributed by atoms with van der Waals surface area (Å²) in [5.74, 6) is -0.441. The fraction of sp³-hybridized carbons (Fsp3) is 0.269. The summed E-state index contributed by atoms with van der Waals surface area (Å²) in [4.78, 5) is 12.2. The molecule has 0 aromatic heterocycles. The van der Waals surface area contributed by atoms with Crippen LogP contribution in [0.3, 0.4) is 0 Å². The Morgan fingerprint density at radius 2 is 1.88 bits per heavy atom. The van der Waals surface area contributed by atoms with Gasteiger partial charge in [-0.2, -0.15) is 13.2 Å². The number of fused-ring (bicyclic) bond motifs is 1. The van der Waals surface area contributed by atoms with Gasteiger partial charge in [0, 0.05) is 11.1 Å². The first-order valence-electron chi connectivity index (χ1n) is 10.7. The van der Waals surface area contributed by atoms with Crippen molar-refractivity contribution in [2.75, 3.05) is 13.7 Å². The van der Waals surface area contributed by atoms with Crippen LogP contribution in [0.1, 0.15) is 34.8 Å². The molecule has 8 heteroatoms. The molecule has 4 rings (SSSR count). The zero-order chi connectivity index (χ0) is 24.3. The fourth-order valence-corrected chi connectivity index (χ4v) is 4.03. The molecule has 0 saturated carbocycles. The Hall–Kier alpha value is -3.52. The van der Waals surface area contributed by atoms with Crippen LogP contribution in [0.15, 0.2) is 60.7 Å². The van der Waals surface area contributed by atoms with E-state index < -0.39 is 29.4 Å². The van der Waals surface area contributed by atoms with Crippen LogP contribution in [0.5, 0.6) is 11.5 Å². The van der Waals surface area contributed by atoms with E-state index in [4.69, 9.17) is 9.47 Å². The minimum Gasteiger partial charge on any atom is -0.493 e. The second kappa shape index (κ2) is 9.77. The molecule has 1 N–H and O–H groups in total. The normalized spacial score (nSPS) is 14.0. The van der Waals surface area contributed by atoms with Crippen LogP contribution >= 0.6 is 0 Å². The molecule has 1 aliphatic rings. The maximum absolute atomic E-state index is 14.0. The summed E-state index contributed by atoms with van der Waals surface area (Å²) in [6.07, 6.45) is -5.52. The number of carbonyl (C=O) groups is 1. The average Bonchev–Trinajstić information content (AvgIpc) is 2.85. The van der Waals surface area contributed by atoms with Crippen LogP contribution in [0.4, 0.5) is 13.2 Å². The maximum Gasteiger partial charge on any atom is 0.416 e. The third-order valence-electron chi connectivity index (χ3n) is 5.64.